The highest BCUT2D eigenvalue weighted by Gasteiger charge is 2.13. The number of nitrogens with zero attached hydrogens (tertiary/aromatic N) is 3. The Labute approximate surface area is 172 Å². The molecule has 3 rings (SSSR count). The molecule has 0 aliphatic rings. The van der Waals surface area contributed by atoms with E-state index in [9.17, 15) is 19.8 Å². The number of non-ortho nitro benzene ring substituents is 1. The van der Waals surface area contributed by atoms with Gasteiger partial charge < -0.3 is 5.32 Å². The maximum atomic E-state index is 13.9. The Balaban J connectivity index is 1.87. The lowest BCUT2D eigenvalue weighted by Gasteiger charge is -2.03. The minimum absolute atomic E-state index is 0.122. The zero-order chi connectivity index (χ0) is 20.3. The average molecular weight is 435 g/mol. The van der Waals surface area contributed by atoms with Gasteiger partial charge in [-0.05, 0) is 18.2 Å². The molecule has 1 aromatic heterocycles. The Hall–Kier alpha value is -2.99. The van der Waals surface area contributed by atoms with Gasteiger partial charge in [0.1, 0.15) is 22.5 Å². The van der Waals surface area contributed by atoms with Crippen LogP contribution in [0.4, 0.5) is 15.8 Å². The zero-order valence-electron chi connectivity index (χ0n) is 13.8. The van der Waals surface area contributed by atoms with Crippen molar-refractivity contribution < 1.29 is 9.31 Å². The van der Waals surface area contributed by atoms with E-state index in [1.165, 1.54) is 17.5 Å². The van der Waals surface area contributed by atoms with Crippen LogP contribution in [0.1, 0.15) is 5.01 Å². The largest absolute Gasteiger partial charge is 0.358 e. The van der Waals surface area contributed by atoms with Gasteiger partial charge in [-0.15, -0.1) is 11.3 Å². The summed E-state index contributed by atoms with van der Waals surface area (Å²) >= 11 is 13.1. The number of thiazole rings is 1. The number of halogens is 3. The number of nitro benzene ring substituents is 1. The Morgan fingerprint density at radius 1 is 1.29 bits per heavy atom. The first-order chi connectivity index (χ1) is 13.4. The van der Waals surface area contributed by atoms with Crippen molar-refractivity contribution in [1.29, 1.82) is 5.26 Å². The molecule has 0 fully saturated rings. The normalized spacial score (nSPS) is 11.1. The summed E-state index contributed by atoms with van der Waals surface area (Å²) in [5, 5.41) is 25.7. The van der Waals surface area contributed by atoms with Crippen LogP contribution < -0.4 is 5.32 Å². The summed E-state index contributed by atoms with van der Waals surface area (Å²) in [6, 6.07) is 10.1. The highest BCUT2D eigenvalue weighted by Crippen LogP contribution is 2.31. The van der Waals surface area contributed by atoms with Gasteiger partial charge in [0.05, 0.1) is 26.3 Å². The van der Waals surface area contributed by atoms with Gasteiger partial charge in [0, 0.05) is 29.3 Å². The van der Waals surface area contributed by atoms with Gasteiger partial charge in [0.2, 0.25) is 0 Å². The summed E-state index contributed by atoms with van der Waals surface area (Å²) in [6.45, 7) is 0. The van der Waals surface area contributed by atoms with Crippen molar-refractivity contribution in [3.8, 4) is 17.3 Å². The molecule has 10 heteroatoms. The van der Waals surface area contributed by atoms with Gasteiger partial charge >= 0.3 is 0 Å². The summed E-state index contributed by atoms with van der Waals surface area (Å²) in [7, 11) is 0. The Kier molecular flexibility index (Phi) is 5.90. The molecule has 0 bridgehead atoms. The number of nitro groups is 1. The Morgan fingerprint density at radius 3 is 2.75 bits per heavy atom. The fraction of sp³-hybridized carbons (Fsp3) is 0. The van der Waals surface area contributed by atoms with Crippen molar-refractivity contribution in [3.63, 3.8) is 0 Å². The van der Waals surface area contributed by atoms with Crippen molar-refractivity contribution in [2.45, 2.75) is 0 Å². The van der Waals surface area contributed by atoms with Gasteiger partial charge in [-0.25, -0.2) is 9.37 Å². The third kappa shape index (κ3) is 4.28. The molecule has 140 valence electrons. The minimum atomic E-state index is -0.685. The first kappa shape index (κ1) is 19.8. The summed E-state index contributed by atoms with van der Waals surface area (Å²) in [5.74, 6) is -0.685. The molecule has 2 aromatic carbocycles. The molecule has 0 spiro atoms. The maximum Gasteiger partial charge on any atom is 0.271 e. The minimum Gasteiger partial charge on any atom is -0.358 e. The molecule has 3 aromatic rings. The lowest BCUT2D eigenvalue weighted by molar-refractivity contribution is -0.384. The van der Waals surface area contributed by atoms with Crippen LogP contribution in [0.2, 0.25) is 10.0 Å². The molecule has 1 N–H and O–H groups in total. The summed E-state index contributed by atoms with van der Waals surface area (Å²) in [4.78, 5) is 14.6. The molecule has 0 saturated carbocycles. The van der Waals surface area contributed by atoms with Crippen LogP contribution in [0, 0.1) is 27.3 Å². The number of nitrogens with one attached hydrogen (secondary N) is 1. The summed E-state index contributed by atoms with van der Waals surface area (Å²) in [6.07, 6.45) is 1.25. The van der Waals surface area contributed by atoms with E-state index < -0.39 is 10.7 Å². The number of hydrogen-bond donors (Lipinski definition) is 1. The SMILES string of the molecule is N#CC(=CNc1cc([N+](=O)[O-])ccc1F)c1nc(-c2ccc(Cl)c(Cl)c2)cs1. The highest BCUT2D eigenvalue weighted by molar-refractivity contribution is 7.11. The van der Waals surface area contributed by atoms with Gasteiger partial charge in [-0.1, -0.05) is 29.3 Å². The average Bonchev–Trinajstić information content (AvgIpc) is 3.15. The topological polar surface area (TPSA) is 91.8 Å². The smallest absolute Gasteiger partial charge is 0.271 e. The van der Waals surface area contributed by atoms with E-state index in [1.807, 2.05) is 6.07 Å². The summed E-state index contributed by atoms with van der Waals surface area (Å²) < 4.78 is 13.9. The van der Waals surface area contributed by atoms with E-state index in [2.05, 4.69) is 10.3 Å². The molecule has 0 unspecified atom stereocenters. The fourth-order valence-electron chi connectivity index (χ4n) is 2.21. The first-order valence-corrected chi connectivity index (χ1v) is 9.24. The Morgan fingerprint density at radius 2 is 2.07 bits per heavy atom. The molecule has 0 amide bonds. The first-order valence-electron chi connectivity index (χ1n) is 7.61. The van der Waals surface area contributed by atoms with E-state index in [0.717, 1.165) is 23.8 Å². The predicted molar refractivity (Wildman–Crippen MR) is 108 cm³/mol. The Bertz CT molecular complexity index is 1140. The van der Waals surface area contributed by atoms with E-state index in [4.69, 9.17) is 23.2 Å². The molecule has 0 aliphatic heterocycles. The number of rotatable bonds is 5. The number of aromatic nitrogens is 1. The van der Waals surface area contributed by atoms with Crippen LogP contribution in [0.3, 0.4) is 0 Å². The van der Waals surface area contributed by atoms with Crippen molar-refractivity contribution in [1.82, 2.24) is 4.98 Å². The number of nitriles is 1. The van der Waals surface area contributed by atoms with Crippen molar-refractivity contribution in [3.05, 3.63) is 79.0 Å². The van der Waals surface area contributed by atoms with Gasteiger partial charge in [-0.3, -0.25) is 10.1 Å². The fourth-order valence-corrected chi connectivity index (χ4v) is 3.31. The quantitative estimate of drug-likeness (QED) is 0.295. The van der Waals surface area contributed by atoms with Crippen molar-refractivity contribution in [2.24, 2.45) is 0 Å². The molecule has 0 atom stereocenters. The third-order valence-corrected chi connectivity index (χ3v) is 5.22. The van der Waals surface area contributed by atoms with Crippen LogP contribution in [0.25, 0.3) is 16.8 Å². The molecule has 6 nitrogen and oxygen atoms in total. The lowest BCUT2D eigenvalue weighted by atomic mass is 10.2. The van der Waals surface area contributed by atoms with Gasteiger partial charge in [0.25, 0.3) is 5.69 Å². The van der Waals surface area contributed by atoms with E-state index in [1.54, 1.807) is 23.6 Å². The molecular formula is C18H9Cl2FN4O2S. The van der Waals surface area contributed by atoms with E-state index in [0.29, 0.717) is 20.7 Å². The van der Waals surface area contributed by atoms with Crippen LogP contribution in [-0.4, -0.2) is 9.91 Å². The van der Waals surface area contributed by atoms with E-state index >= 15 is 0 Å². The molecule has 0 radical (unpaired) electrons. The van der Waals surface area contributed by atoms with Crippen LogP contribution in [0.5, 0.6) is 0 Å². The number of benzene rings is 2. The van der Waals surface area contributed by atoms with Crippen molar-refractivity contribution in [2.75, 3.05) is 5.32 Å². The second-order valence-electron chi connectivity index (χ2n) is 5.40. The number of hydrogen-bond acceptors (Lipinski definition) is 6. The van der Waals surface area contributed by atoms with Crippen LogP contribution in [-0.2, 0) is 0 Å². The highest BCUT2D eigenvalue weighted by atomic mass is 35.5. The van der Waals surface area contributed by atoms with Gasteiger partial charge in [-0.2, -0.15) is 5.26 Å². The van der Waals surface area contributed by atoms with Crippen molar-refractivity contribution >= 4 is 51.5 Å². The molecule has 0 saturated heterocycles. The number of allylic oxidation sites excluding steroid dienone is 1. The monoisotopic (exact) mass is 434 g/mol. The second kappa shape index (κ2) is 8.35. The van der Waals surface area contributed by atoms with Gasteiger partial charge in [0.15, 0.2) is 0 Å². The molecule has 0 aliphatic carbocycles. The molecule has 28 heavy (non-hydrogen) atoms. The molecule has 1 heterocycles. The lowest BCUT2D eigenvalue weighted by Crippen LogP contribution is -1.96. The zero-order valence-corrected chi connectivity index (χ0v) is 16.1. The van der Waals surface area contributed by atoms with E-state index in [-0.39, 0.29) is 16.9 Å². The maximum absolute atomic E-state index is 13.9. The molecular weight excluding hydrogens is 426 g/mol. The van der Waals surface area contributed by atoms with Crippen LogP contribution in [0.15, 0.2) is 48.0 Å². The standard InChI is InChI=1S/C18H9Cl2FN4O2S/c19-13-3-1-10(5-14(13)20)17-9-28-18(24-17)11(7-22)8-23-16-6-12(25(26)27)2-4-15(16)21/h1-6,8-9,23H. The third-order valence-electron chi connectivity index (χ3n) is 3.60. The summed E-state index contributed by atoms with van der Waals surface area (Å²) in [5.41, 5.74) is 1.07. The predicted octanol–water partition coefficient (Wildman–Crippen LogP) is 6.14. The second-order valence-corrected chi connectivity index (χ2v) is 7.07. The van der Waals surface area contributed by atoms with Crippen LogP contribution >= 0.6 is 34.5 Å². The number of anilines is 1.